The van der Waals surface area contributed by atoms with Crippen LogP contribution in [0.1, 0.15) is 5.56 Å². The highest BCUT2D eigenvalue weighted by Gasteiger charge is 2.32. The molecule has 7 nitrogen and oxygen atoms in total. The van der Waals surface area contributed by atoms with Crippen molar-refractivity contribution in [1.82, 2.24) is 24.5 Å². The van der Waals surface area contributed by atoms with E-state index in [-0.39, 0.29) is 11.2 Å². The molecular weight excluding hydrogens is 371 g/mol. The Morgan fingerprint density at radius 1 is 1.00 bits per heavy atom. The maximum atomic E-state index is 13.1. The minimum Gasteiger partial charge on any atom is -0.397 e. The molecule has 0 radical (unpaired) electrons. The second kappa shape index (κ2) is 6.48. The van der Waals surface area contributed by atoms with Gasteiger partial charge >= 0.3 is 6.18 Å². The molecule has 0 spiro atoms. The minimum absolute atomic E-state index is 0.0983. The van der Waals surface area contributed by atoms with Gasteiger partial charge in [0.1, 0.15) is 17.0 Å². The van der Waals surface area contributed by atoms with Gasteiger partial charge in [-0.25, -0.2) is 15.0 Å². The van der Waals surface area contributed by atoms with Gasteiger partial charge in [0.05, 0.1) is 29.3 Å². The monoisotopic (exact) mass is 385 g/mol. The highest BCUT2D eigenvalue weighted by molar-refractivity contribution is 5.80. The zero-order chi connectivity index (χ0) is 19.9. The third-order valence-corrected chi connectivity index (χ3v) is 4.10. The molecule has 10 heteroatoms. The Hall–Kier alpha value is -3.69. The number of nitrogens with zero attached hydrogens (tertiary/aromatic N) is 5. The first-order valence-electron chi connectivity index (χ1n) is 8.18. The first-order valence-corrected chi connectivity index (χ1v) is 8.18. The van der Waals surface area contributed by atoms with E-state index in [0.717, 1.165) is 12.3 Å². The number of imidazole rings is 1. The number of alkyl halides is 3. The van der Waals surface area contributed by atoms with Gasteiger partial charge in [-0.1, -0.05) is 0 Å². The van der Waals surface area contributed by atoms with E-state index in [4.69, 9.17) is 5.73 Å². The Balaban J connectivity index is 1.98. The zero-order valence-electron chi connectivity index (χ0n) is 14.6. The lowest BCUT2D eigenvalue weighted by Crippen LogP contribution is -2.06. The van der Waals surface area contributed by atoms with E-state index in [0.29, 0.717) is 28.7 Å². The highest BCUT2D eigenvalue weighted by atomic mass is 19.4. The zero-order valence-corrected chi connectivity index (χ0v) is 14.6. The van der Waals surface area contributed by atoms with E-state index in [1.807, 2.05) is 0 Å². The van der Waals surface area contributed by atoms with Crippen molar-refractivity contribution in [2.45, 2.75) is 6.18 Å². The van der Waals surface area contributed by atoms with Crippen LogP contribution in [-0.4, -0.2) is 31.6 Å². The summed E-state index contributed by atoms with van der Waals surface area (Å²) in [4.78, 5) is 16.9. The molecule has 0 saturated carbocycles. The van der Waals surface area contributed by atoms with Gasteiger partial charge in [0.2, 0.25) is 0 Å². The molecule has 0 bridgehead atoms. The standard InChI is InChI=1S/C18H14F3N7/c1-23-15-5-3-12(9-25-15)28-16-14(6-10(7-26-16)18(19,20)21)27-17(28)13-4-2-11(22)8-24-13/h2-9H,22H2,1H3,(H,23,25). The van der Waals surface area contributed by atoms with Crippen LogP contribution in [-0.2, 0) is 6.18 Å². The summed E-state index contributed by atoms with van der Waals surface area (Å²) >= 11 is 0. The van der Waals surface area contributed by atoms with Crippen molar-refractivity contribution in [2.24, 2.45) is 0 Å². The lowest BCUT2D eigenvalue weighted by Gasteiger charge is -2.09. The molecule has 0 unspecified atom stereocenters. The van der Waals surface area contributed by atoms with Crippen molar-refractivity contribution in [2.75, 3.05) is 18.1 Å². The van der Waals surface area contributed by atoms with Crippen LogP contribution in [0.5, 0.6) is 0 Å². The predicted molar refractivity (Wildman–Crippen MR) is 98.9 cm³/mol. The minimum atomic E-state index is -4.51. The molecule has 0 aromatic carbocycles. The Labute approximate surface area is 157 Å². The first kappa shape index (κ1) is 17.7. The summed E-state index contributed by atoms with van der Waals surface area (Å²) in [6, 6.07) is 7.76. The Morgan fingerprint density at radius 3 is 2.43 bits per heavy atom. The molecule has 4 aromatic rings. The molecule has 0 fully saturated rings. The van der Waals surface area contributed by atoms with Crippen LogP contribution in [0.4, 0.5) is 24.7 Å². The Morgan fingerprint density at radius 2 is 1.82 bits per heavy atom. The highest BCUT2D eigenvalue weighted by Crippen LogP contribution is 2.33. The number of anilines is 2. The number of halogens is 3. The number of hydrogen-bond acceptors (Lipinski definition) is 6. The normalized spacial score (nSPS) is 11.7. The molecule has 0 atom stereocenters. The number of nitrogens with one attached hydrogen (secondary N) is 1. The second-order valence-corrected chi connectivity index (χ2v) is 5.96. The van der Waals surface area contributed by atoms with Crippen LogP contribution in [0.25, 0.3) is 28.4 Å². The summed E-state index contributed by atoms with van der Waals surface area (Å²) < 4.78 is 40.8. The van der Waals surface area contributed by atoms with Gasteiger partial charge in [-0.05, 0) is 30.3 Å². The molecule has 0 saturated heterocycles. The van der Waals surface area contributed by atoms with Crippen LogP contribution in [0.2, 0.25) is 0 Å². The van der Waals surface area contributed by atoms with Gasteiger partial charge in [-0.2, -0.15) is 13.2 Å². The fraction of sp³-hybridized carbons (Fsp3) is 0.111. The van der Waals surface area contributed by atoms with Gasteiger partial charge in [-0.3, -0.25) is 9.55 Å². The number of hydrogen-bond donors (Lipinski definition) is 2. The number of nitrogens with two attached hydrogens (primary N) is 1. The largest absolute Gasteiger partial charge is 0.417 e. The lowest BCUT2D eigenvalue weighted by atomic mass is 10.2. The van der Waals surface area contributed by atoms with E-state index in [1.165, 1.54) is 6.20 Å². The number of nitrogen functional groups attached to an aromatic ring is 1. The average molecular weight is 385 g/mol. The molecule has 0 aliphatic carbocycles. The molecule has 0 aliphatic heterocycles. The molecule has 28 heavy (non-hydrogen) atoms. The predicted octanol–water partition coefficient (Wildman–Crippen LogP) is 3.52. The van der Waals surface area contributed by atoms with Crippen molar-refractivity contribution < 1.29 is 13.2 Å². The van der Waals surface area contributed by atoms with Gasteiger partial charge in [0.25, 0.3) is 0 Å². The molecule has 0 aliphatic rings. The van der Waals surface area contributed by atoms with E-state index < -0.39 is 11.7 Å². The molecular formula is C18H14F3N7. The smallest absolute Gasteiger partial charge is 0.397 e. The average Bonchev–Trinajstić information content (AvgIpc) is 3.06. The van der Waals surface area contributed by atoms with Crippen LogP contribution in [0, 0.1) is 0 Å². The molecule has 4 heterocycles. The van der Waals surface area contributed by atoms with Gasteiger partial charge < -0.3 is 11.1 Å². The maximum Gasteiger partial charge on any atom is 0.417 e. The van der Waals surface area contributed by atoms with Crippen LogP contribution < -0.4 is 11.1 Å². The fourth-order valence-electron chi connectivity index (χ4n) is 2.74. The van der Waals surface area contributed by atoms with Crippen molar-refractivity contribution >= 4 is 22.7 Å². The topological polar surface area (TPSA) is 94.5 Å². The van der Waals surface area contributed by atoms with Crippen molar-refractivity contribution in [3.8, 4) is 17.2 Å². The van der Waals surface area contributed by atoms with E-state index in [2.05, 4.69) is 25.3 Å². The van der Waals surface area contributed by atoms with Gasteiger partial charge in [0, 0.05) is 13.2 Å². The number of aromatic nitrogens is 5. The fourth-order valence-corrected chi connectivity index (χ4v) is 2.74. The number of fused-ring (bicyclic) bond motifs is 1. The first-order chi connectivity index (χ1) is 13.4. The summed E-state index contributed by atoms with van der Waals surface area (Å²) in [5.74, 6) is 0.980. The van der Waals surface area contributed by atoms with E-state index in [1.54, 1.807) is 42.1 Å². The summed E-state index contributed by atoms with van der Waals surface area (Å²) in [5, 5.41) is 2.91. The van der Waals surface area contributed by atoms with Gasteiger partial charge in [-0.15, -0.1) is 0 Å². The Bertz CT molecular complexity index is 1130. The quantitative estimate of drug-likeness (QED) is 0.560. The van der Waals surface area contributed by atoms with E-state index >= 15 is 0 Å². The third-order valence-electron chi connectivity index (χ3n) is 4.10. The number of rotatable bonds is 3. The van der Waals surface area contributed by atoms with Crippen LogP contribution in [0.3, 0.4) is 0 Å². The lowest BCUT2D eigenvalue weighted by molar-refractivity contribution is -0.137. The summed E-state index contributed by atoms with van der Waals surface area (Å²) in [6.07, 6.45) is -0.695. The van der Waals surface area contributed by atoms with Gasteiger partial charge in [0.15, 0.2) is 11.5 Å². The summed E-state index contributed by atoms with van der Waals surface area (Å²) in [6.45, 7) is 0. The third kappa shape index (κ3) is 3.08. The summed E-state index contributed by atoms with van der Waals surface area (Å²) in [7, 11) is 1.73. The van der Waals surface area contributed by atoms with E-state index in [9.17, 15) is 13.2 Å². The SMILES string of the molecule is CNc1ccc(-n2c(-c3ccc(N)cn3)nc3cc(C(F)(F)F)cnc32)cn1. The number of pyridine rings is 3. The maximum absolute atomic E-state index is 13.1. The van der Waals surface area contributed by atoms with Crippen molar-refractivity contribution in [3.05, 3.63) is 54.5 Å². The van der Waals surface area contributed by atoms with Crippen LogP contribution in [0.15, 0.2) is 48.9 Å². The molecule has 0 amide bonds. The summed E-state index contributed by atoms with van der Waals surface area (Å²) in [5.41, 5.74) is 6.67. The second-order valence-electron chi connectivity index (χ2n) is 5.96. The molecule has 142 valence electrons. The Kier molecular flexibility index (Phi) is 4.10. The van der Waals surface area contributed by atoms with Crippen molar-refractivity contribution in [3.63, 3.8) is 0 Å². The molecule has 3 N–H and O–H groups in total. The molecule has 4 aromatic heterocycles. The molecule has 4 rings (SSSR count). The van der Waals surface area contributed by atoms with Crippen molar-refractivity contribution in [1.29, 1.82) is 0 Å². The van der Waals surface area contributed by atoms with Crippen LogP contribution >= 0.6 is 0 Å².